The lowest BCUT2D eigenvalue weighted by Crippen LogP contribution is -2.46. The number of carbonyl (C=O) groups is 1. The molecule has 0 unspecified atom stereocenters. The van der Waals surface area contributed by atoms with Crippen molar-refractivity contribution >= 4 is 6.03 Å². The highest BCUT2D eigenvalue weighted by Crippen LogP contribution is 2.07. The average Bonchev–Trinajstić information content (AvgIpc) is 2.97. The Bertz CT molecular complexity index is 785. The highest BCUT2D eigenvalue weighted by molar-refractivity contribution is 5.74. The molecule has 9 heteroatoms. The van der Waals surface area contributed by atoms with Crippen LogP contribution in [0.5, 0.6) is 0 Å². The Hall–Kier alpha value is -2.68. The molecule has 2 amide bonds. The molecule has 25 heavy (non-hydrogen) atoms. The zero-order valence-electron chi connectivity index (χ0n) is 14.0. The molecule has 0 fully saturated rings. The van der Waals surface area contributed by atoms with E-state index in [1.807, 2.05) is 7.05 Å². The van der Waals surface area contributed by atoms with Crippen LogP contribution in [0.3, 0.4) is 0 Å². The number of carbonyl (C=O) groups excluding carboxylic acids is 1. The minimum absolute atomic E-state index is 0.170. The third-order valence-electron chi connectivity index (χ3n) is 4.19. The highest BCUT2D eigenvalue weighted by Gasteiger charge is 2.22. The van der Waals surface area contributed by atoms with Gasteiger partial charge in [0.1, 0.15) is 5.82 Å². The van der Waals surface area contributed by atoms with E-state index >= 15 is 0 Å². The standard InChI is InChI=1S/C16H21FN6O2/c1-21(10-12-2-4-13(17)5-3-12)7-6-18-15(24)22-8-9-23-14(11-22)19-20-16(23)25/h2-5H,6-11H2,1H3,(H,18,24)(H,20,25). The van der Waals surface area contributed by atoms with Gasteiger partial charge in [-0.2, -0.15) is 5.10 Å². The summed E-state index contributed by atoms with van der Waals surface area (Å²) in [6, 6.07) is 6.21. The van der Waals surface area contributed by atoms with Crippen LogP contribution in [0.15, 0.2) is 29.1 Å². The fourth-order valence-electron chi connectivity index (χ4n) is 2.79. The third kappa shape index (κ3) is 4.24. The van der Waals surface area contributed by atoms with Crippen LogP contribution in [-0.2, 0) is 19.6 Å². The Morgan fingerprint density at radius 3 is 2.88 bits per heavy atom. The lowest BCUT2D eigenvalue weighted by Gasteiger charge is -2.27. The molecular formula is C16H21FN6O2. The van der Waals surface area contributed by atoms with Gasteiger partial charge in [-0.15, -0.1) is 0 Å². The average molecular weight is 348 g/mol. The molecule has 0 bridgehead atoms. The molecule has 0 atom stereocenters. The van der Waals surface area contributed by atoms with Crippen LogP contribution >= 0.6 is 0 Å². The predicted molar refractivity (Wildman–Crippen MR) is 89.4 cm³/mol. The van der Waals surface area contributed by atoms with Crippen molar-refractivity contribution in [3.05, 3.63) is 52.0 Å². The minimum Gasteiger partial charge on any atom is -0.337 e. The molecule has 0 radical (unpaired) electrons. The third-order valence-corrected chi connectivity index (χ3v) is 4.19. The molecular weight excluding hydrogens is 327 g/mol. The van der Waals surface area contributed by atoms with Crippen molar-refractivity contribution in [3.8, 4) is 0 Å². The first-order chi connectivity index (χ1) is 12.0. The SMILES string of the molecule is CN(CCNC(=O)N1CCn2c(n[nH]c2=O)C1)Cc1ccc(F)cc1. The fraction of sp³-hybridized carbons (Fsp3) is 0.438. The van der Waals surface area contributed by atoms with Gasteiger partial charge < -0.3 is 15.1 Å². The summed E-state index contributed by atoms with van der Waals surface area (Å²) in [5.74, 6) is 0.322. The topological polar surface area (TPSA) is 86.3 Å². The van der Waals surface area contributed by atoms with Crippen LogP contribution in [0, 0.1) is 5.82 Å². The molecule has 0 aliphatic carbocycles. The Morgan fingerprint density at radius 1 is 1.36 bits per heavy atom. The van der Waals surface area contributed by atoms with E-state index in [0.717, 1.165) is 5.56 Å². The number of halogens is 1. The monoisotopic (exact) mass is 348 g/mol. The molecule has 2 heterocycles. The predicted octanol–water partition coefficient (Wildman–Crippen LogP) is 0.368. The molecule has 0 saturated heterocycles. The highest BCUT2D eigenvalue weighted by atomic mass is 19.1. The number of H-pyrrole nitrogens is 1. The lowest BCUT2D eigenvalue weighted by atomic mass is 10.2. The smallest absolute Gasteiger partial charge is 0.337 e. The van der Waals surface area contributed by atoms with Crippen molar-refractivity contribution in [1.29, 1.82) is 0 Å². The number of benzene rings is 1. The number of amides is 2. The zero-order chi connectivity index (χ0) is 17.8. The van der Waals surface area contributed by atoms with Crippen LogP contribution in [-0.4, -0.2) is 57.3 Å². The van der Waals surface area contributed by atoms with Crippen LogP contribution in [0.25, 0.3) is 0 Å². The van der Waals surface area contributed by atoms with Crippen molar-refractivity contribution in [2.24, 2.45) is 0 Å². The number of nitrogens with one attached hydrogen (secondary N) is 2. The van der Waals surface area contributed by atoms with Crippen molar-refractivity contribution in [2.45, 2.75) is 19.6 Å². The van der Waals surface area contributed by atoms with Crippen LogP contribution in [0.1, 0.15) is 11.4 Å². The zero-order valence-corrected chi connectivity index (χ0v) is 14.0. The van der Waals surface area contributed by atoms with E-state index in [2.05, 4.69) is 20.4 Å². The van der Waals surface area contributed by atoms with Crippen molar-refractivity contribution in [2.75, 3.05) is 26.7 Å². The molecule has 2 aromatic rings. The van der Waals surface area contributed by atoms with E-state index in [9.17, 15) is 14.0 Å². The van der Waals surface area contributed by atoms with Gasteiger partial charge in [0.2, 0.25) is 0 Å². The maximum atomic E-state index is 12.9. The molecule has 1 aromatic carbocycles. The van der Waals surface area contributed by atoms with Gasteiger partial charge in [0.25, 0.3) is 0 Å². The molecule has 1 aliphatic heterocycles. The number of rotatable bonds is 5. The number of hydrogen-bond acceptors (Lipinski definition) is 4. The van der Waals surface area contributed by atoms with Gasteiger partial charge in [0.15, 0.2) is 5.82 Å². The Morgan fingerprint density at radius 2 is 2.12 bits per heavy atom. The molecule has 8 nitrogen and oxygen atoms in total. The van der Waals surface area contributed by atoms with Gasteiger partial charge in [-0.25, -0.2) is 19.1 Å². The summed E-state index contributed by atoms with van der Waals surface area (Å²) in [5.41, 5.74) is 0.778. The summed E-state index contributed by atoms with van der Waals surface area (Å²) in [4.78, 5) is 27.4. The largest absolute Gasteiger partial charge is 0.343 e. The maximum Gasteiger partial charge on any atom is 0.343 e. The van der Waals surface area contributed by atoms with E-state index in [1.165, 1.54) is 12.1 Å². The number of urea groups is 1. The quantitative estimate of drug-likeness (QED) is 0.817. The summed E-state index contributed by atoms with van der Waals surface area (Å²) < 4.78 is 14.4. The first-order valence-corrected chi connectivity index (χ1v) is 8.13. The minimum atomic E-state index is -0.248. The molecule has 0 spiro atoms. The number of hydrogen-bond donors (Lipinski definition) is 2. The second-order valence-corrected chi connectivity index (χ2v) is 6.11. The molecule has 1 aliphatic rings. The normalized spacial score (nSPS) is 13.8. The van der Waals surface area contributed by atoms with Gasteiger partial charge in [-0.3, -0.25) is 4.57 Å². The second kappa shape index (κ2) is 7.47. The van der Waals surface area contributed by atoms with E-state index < -0.39 is 0 Å². The van der Waals surface area contributed by atoms with Gasteiger partial charge in [0.05, 0.1) is 6.54 Å². The number of likely N-dealkylation sites (N-methyl/N-ethyl adjacent to an activating group) is 1. The van der Waals surface area contributed by atoms with E-state index in [4.69, 9.17) is 0 Å². The van der Waals surface area contributed by atoms with E-state index in [-0.39, 0.29) is 17.5 Å². The van der Waals surface area contributed by atoms with Crippen LogP contribution < -0.4 is 11.0 Å². The van der Waals surface area contributed by atoms with Gasteiger partial charge >= 0.3 is 11.7 Å². The molecule has 134 valence electrons. The fourth-order valence-corrected chi connectivity index (χ4v) is 2.79. The van der Waals surface area contributed by atoms with E-state index in [0.29, 0.717) is 45.1 Å². The Labute approximate surface area is 144 Å². The molecule has 3 rings (SSSR count). The molecule has 1 aromatic heterocycles. The summed E-state index contributed by atoms with van der Waals surface area (Å²) in [5, 5.41) is 9.19. The summed E-state index contributed by atoms with van der Waals surface area (Å²) in [6.07, 6.45) is 0. The van der Waals surface area contributed by atoms with Gasteiger partial charge in [-0.05, 0) is 24.7 Å². The maximum absolute atomic E-state index is 12.9. The molecule has 2 N–H and O–H groups in total. The van der Waals surface area contributed by atoms with Crippen molar-refractivity contribution in [3.63, 3.8) is 0 Å². The van der Waals surface area contributed by atoms with Crippen LogP contribution in [0.4, 0.5) is 9.18 Å². The number of aromatic amines is 1. The summed E-state index contributed by atoms with van der Waals surface area (Å²) in [7, 11) is 1.94. The van der Waals surface area contributed by atoms with Crippen LogP contribution in [0.2, 0.25) is 0 Å². The lowest BCUT2D eigenvalue weighted by molar-refractivity contribution is 0.180. The first-order valence-electron chi connectivity index (χ1n) is 8.13. The second-order valence-electron chi connectivity index (χ2n) is 6.11. The van der Waals surface area contributed by atoms with Gasteiger partial charge in [0, 0.05) is 32.7 Å². The van der Waals surface area contributed by atoms with Crippen molar-refractivity contribution < 1.29 is 9.18 Å². The van der Waals surface area contributed by atoms with E-state index in [1.54, 1.807) is 21.6 Å². The number of fused-ring (bicyclic) bond motifs is 1. The Balaban J connectivity index is 1.42. The van der Waals surface area contributed by atoms with Crippen molar-refractivity contribution in [1.82, 2.24) is 29.9 Å². The summed E-state index contributed by atoms with van der Waals surface area (Å²) >= 11 is 0. The number of nitrogens with zero attached hydrogens (tertiary/aromatic N) is 4. The number of aromatic nitrogens is 3. The molecule has 0 saturated carbocycles. The van der Waals surface area contributed by atoms with Gasteiger partial charge in [-0.1, -0.05) is 12.1 Å². The summed E-state index contributed by atoms with van der Waals surface area (Å²) in [6.45, 7) is 3.09. The first kappa shape index (κ1) is 17.2. The Kier molecular flexibility index (Phi) is 5.13.